The number of β-amino-alcohol motifs (C(OH)–C–C–N with tert-alkyl or cyclic N) is 2. The molecule has 5 nitrogen and oxygen atoms in total. The molecule has 2 N–H and O–H groups in total. The van der Waals surface area contributed by atoms with Crippen molar-refractivity contribution in [1.29, 1.82) is 0 Å². The van der Waals surface area contributed by atoms with Gasteiger partial charge in [0.15, 0.2) is 6.61 Å². The minimum Gasteiger partial charge on any atom is -0.483 e. The molecular formula is C12H13BrClNO4. The molecule has 2 rings (SSSR count). The number of benzene rings is 1. The zero-order valence-corrected chi connectivity index (χ0v) is 12.3. The zero-order chi connectivity index (χ0) is 14.0. The van der Waals surface area contributed by atoms with Crippen LogP contribution >= 0.6 is 27.5 Å². The normalized spacial score (nSPS) is 22.6. The monoisotopic (exact) mass is 349 g/mol. The van der Waals surface area contributed by atoms with Crippen molar-refractivity contribution < 1.29 is 19.7 Å². The van der Waals surface area contributed by atoms with E-state index in [9.17, 15) is 15.0 Å². The first-order valence-electron chi connectivity index (χ1n) is 5.69. The Balaban J connectivity index is 1.90. The maximum atomic E-state index is 11.8. The van der Waals surface area contributed by atoms with Crippen molar-refractivity contribution >= 4 is 33.4 Å². The number of aliphatic hydroxyl groups excluding tert-OH is 2. The molecule has 0 unspecified atom stereocenters. The second kappa shape index (κ2) is 6.09. The molecule has 0 aliphatic carbocycles. The topological polar surface area (TPSA) is 70.0 Å². The van der Waals surface area contributed by atoms with Gasteiger partial charge in [-0.2, -0.15) is 0 Å². The van der Waals surface area contributed by atoms with E-state index in [0.717, 1.165) is 0 Å². The molecule has 0 radical (unpaired) electrons. The van der Waals surface area contributed by atoms with E-state index in [4.69, 9.17) is 16.3 Å². The van der Waals surface area contributed by atoms with Crippen molar-refractivity contribution in [2.75, 3.05) is 19.7 Å². The van der Waals surface area contributed by atoms with E-state index in [1.54, 1.807) is 18.2 Å². The molecule has 0 saturated carbocycles. The summed E-state index contributed by atoms with van der Waals surface area (Å²) in [7, 11) is 0. The maximum absolute atomic E-state index is 11.8. The number of carbonyl (C=O) groups is 1. The van der Waals surface area contributed by atoms with Crippen molar-refractivity contribution in [1.82, 2.24) is 4.90 Å². The number of halogens is 2. The Bertz CT molecular complexity index is 475. The highest BCUT2D eigenvalue weighted by Crippen LogP contribution is 2.28. The van der Waals surface area contributed by atoms with Gasteiger partial charge >= 0.3 is 0 Å². The van der Waals surface area contributed by atoms with Gasteiger partial charge in [-0.3, -0.25) is 4.79 Å². The second-order valence-electron chi connectivity index (χ2n) is 4.30. The fourth-order valence-corrected chi connectivity index (χ4v) is 2.59. The van der Waals surface area contributed by atoms with Crippen molar-refractivity contribution in [3.05, 3.63) is 27.7 Å². The predicted molar refractivity (Wildman–Crippen MR) is 73.2 cm³/mol. The van der Waals surface area contributed by atoms with Crippen LogP contribution in [0.1, 0.15) is 0 Å². The highest BCUT2D eigenvalue weighted by Gasteiger charge is 2.32. The third kappa shape index (κ3) is 3.60. The summed E-state index contributed by atoms with van der Waals surface area (Å²) in [5, 5.41) is 19.3. The molecule has 1 aliphatic heterocycles. The summed E-state index contributed by atoms with van der Waals surface area (Å²) in [6.07, 6.45) is -1.77. The molecule has 1 saturated heterocycles. The predicted octanol–water partition coefficient (Wildman–Crippen LogP) is 1.05. The van der Waals surface area contributed by atoms with Gasteiger partial charge in [-0.15, -0.1) is 0 Å². The average Bonchev–Trinajstić information content (AvgIpc) is 2.68. The largest absolute Gasteiger partial charge is 0.483 e. The van der Waals surface area contributed by atoms with Crippen molar-refractivity contribution in [2.24, 2.45) is 0 Å². The molecule has 0 spiro atoms. The number of aliphatic hydroxyl groups is 2. The first-order valence-corrected chi connectivity index (χ1v) is 6.86. The smallest absolute Gasteiger partial charge is 0.260 e. The van der Waals surface area contributed by atoms with E-state index >= 15 is 0 Å². The Morgan fingerprint density at radius 1 is 1.42 bits per heavy atom. The van der Waals surface area contributed by atoms with Gasteiger partial charge in [-0.25, -0.2) is 0 Å². The van der Waals surface area contributed by atoms with E-state index in [2.05, 4.69) is 15.9 Å². The minimum atomic E-state index is -0.883. The summed E-state index contributed by atoms with van der Waals surface area (Å²) >= 11 is 9.08. The van der Waals surface area contributed by atoms with Crippen LogP contribution < -0.4 is 4.74 Å². The van der Waals surface area contributed by atoms with Crippen molar-refractivity contribution in [3.63, 3.8) is 0 Å². The fraction of sp³-hybridized carbons (Fsp3) is 0.417. The molecule has 1 fully saturated rings. The van der Waals surface area contributed by atoms with Crippen LogP contribution in [0.2, 0.25) is 5.02 Å². The van der Waals surface area contributed by atoms with Gasteiger partial charge in [0, 0.05) is 18.1 Å². The van der Waals surface area contributed by atoms with Crippen LogP contribution in [-0.2, 0) is 4.79 Å². The van der Waals surface area contributed by atoms with E-state index in [-0.39, 0.29) is 25.6 Å². The molecule has 2 atom stereocenters. The van der Waals surface area contributed by atoms with Gasteiger partial charge in [0.2, 0.25) is 0 Å². The Morgan fingerprint density at radius 2 is 2.05 bits per heavy atom. The molecule has 0 bridgehead atoms. The summed E-state index contributed by atoms with van der Waals surface area (Å²) < 4.78 is 6.04. The SMILES string of the molecule is O=C(COc1ccc(Cl)cc1Br)N1C[C@@H](O)[C@@H](O)C1. The van der Waals surface area contributed by atoms with Crippen LogP contribution in [0.3, 0.4) is 0 Å². The van der Waals surface area contributed by atoms with Crippen LogP contribution in [0, 0.1) is 0 Å². The molecule has 1 aromatic carbocycles. The lowest BCUT2D eigenvalue weighted by molar-refractivity contribution is -0.132. The molecule has 7 heteroatoms. The number of nitrogens with zero attached hydrogens (tertiary/aromatic N) is 1. The van der Waals surface area contributed by atoms with Crippen LogP contribution in [0.25, 0.3) is 0 Å². The van der Waals surface area contributed by atoms with Crippen LogP contribution in [0.15, 0.2) is 22.7 Å². The molecule has 1 amide bonds. The lowest BCUT2D eigenvalue weighted by Gasteiger charge is -2.16. The molecule has 0 aromatic heterocycles. The Labute approximate surface area is 123 Å². The van der Waals surface area contributed by atoms with Crippen LogP contribution in [0.4, 0.5) is 0 Å². The van der Waals surface area contributed by atoms with Crippen molar-refractivity contribution in [3.8, 4) is 5.75 Å². The molecular weight excluding hydrogens is 337 g/mol. The third-order valence-electron chi connectivity index (χ3n) is 2.86. The van der Waals surface area contributed by atoms with Gasteiger partial charge in [0.05, 0.1) is 16.7 Å². The lowest BCUT2D eigenvalue weighted by atomic mass is 10.3. The minimum absolute atomic E-state index is 0.130. The number of hydrogen-bond acceptors (Lipinski definition) is 4. The van der Waals surface area contributed by atoms with E-state index in [1.807, 2.05) is 0 Å². The van der Waals surface area contributed by atoms with E-state index < -0.39 is 12.2 Å². The van der Waals surface area contributed by atoms with Gasteiger partial charge in [0.1, 0.15) is 5.75 Å². The summed E-state index contributed by atoms with van der Waals surface area (Å²) in [6, 6.07) is 4.99. The number of rotatable bonds is 3. The Hall–Kier alpha value is -0.820. The van der Waals surface area contributed by atoms with Gasteiger partial charge in [-0.05, 0) is 34.1 Å². The first kappa shape index (κ1) is 14.6. The maximum Gasteiger partial charge on any atom is 0.260 e. The number of likely N-dealkylation sites (tertiary alicyclic amines) is 1. The Kier molecular flexibility index (Phi) is 4.67. The van der Waals surface area contributed by atoms with Gasteiger partial charge in [0.25, 0.3) is 5.91 Å². The molecule has 1 aliphatic rings. The number of carbonyl (C=O) groups excluding carboxylic acids is 1. The molecule has 1 aromatic rings. The number of hydrogen-bond donors (Lipinski definition) is 2. The summed E-state index contributed by atoms with van der Waals surface area (Å²) in [5.74, 6) is 0.232. The van der Waals surface area contributed by atoms with E-state index in [1.165, 1.54) is 4.90 Å². The standard InChI is InChI=1S/C12H13BrClNO4/c13-8-3-7(14)1-2-11(8)19-6-12(18)15-4-9(16)10(17)5-15/h1-3,9-10,16-17H,4-6H2/t9-,10+. The number of amides is 1. The second-order valence-corrected chi connectivity index (χ2v) is 5.59. The van der Waals surface area contributed by atoms with Gasteiger partial charge < -0.3 is 19.8 Å². The fourth-order valence-electron chi connectivity index (χ4n) is 1.80. The molecule has 1 heterocycles. The van der Waals surface area contributed by atoms with Crippen molar-refractivity contribution in [2.45, 2.75) is 12.2 Å². The Morgan fingerprint density at radius 3 is 2.63 bits per heavy atom. The summed E-state index contributed by atoms with van der Waals surface area (Å²) in [4.78, 5) is 13.2. The van der Waals surface area contributed by atoms with Crippen LogP contribution in [0.5, 0.6) is 5.75 Å². The third-order valence-corrected chi connectivity index (χ3v) is 3.71. The number of ether oxygens (including phenoxy) is 1. The summed E-state index contributed by atoms with van der Waals surface area (Å²) in [5.41, 5.74) is 0. The zero-order valence-electron chi connectivity index (χ0n) is 9.92. The molecule has 19 heavy (non-hydrogen) atoms. The highest BCUT2D eigenvalue weighted by atomic mass is 79.9. The summed E-state index contributed by atoms with van der Waals surface area (Å²) in [6.45, 7) is 0.107. The lowest BCUT2D eigenvalue weighted by Crippen LogP contribution is -2.34. The molecule has 104 valence electrons. The van der Waals surface area contributed by atoms with E-state index in [0.29, 0.717) is 15.2 Å². The van der Waals surface area contributed by atoms with Gasteiger partial charge in [-0.1, -0.05) is 11.6 Å². The van der Waals surface area contributed by atoms with Crippen LogP contribution in [-0.4, -0.2) is 52.9 Å². The highest BCUT2D eigenvalue weighted by molar-refractivity contribution is 9.10. The first-order chi connectivity index (χ1) is 8.97. The average molecular weight is 351 g/mol. The quantitative estimate of drug-likeness (QED) is 0.855.